The molecular weight excluding hydrogens is 369 g/mol. The molecule has 4 rings (SSSR count). The SMILES string of the molecule is Cc1ccc(C(=O)N2CCCC2)c(C2CCN(C(=O)c3ccccc3F)CC2)n1. The Bertz CT molecular complexity index is 916. The number of aryl methyl sites for hydroxylation is 1. The predicted molar refractivity (Wildman–Crippen MR) is 108 cm³/mol. The van der Waals surface area contributed by atoms with Crippen molar-refractivity contribution in [3.05, 3.63) is 64.7 Å². The van der Waals surface area contributed by atoms with Crippen LogP contribution in [0.2, 0.25) is 0 Å². The average Bonchev–Trinajstić information content (AvgIpc) is 3.28. The number of benzene rings is 1. The van der Waals surface area contributed by atoms with Gasteiger partial charge in [-0.25, -0.2) is 4.39 Å². The Morgan fingerprint density at radius 2 is 1.52 bits per heavy atom. The Morgan fingerprint density at radius 1 is 0.897 bits per heavy atom. The minimum absolute atomic E-state index is 0.0647. The number of amides is 2. The van der Waals surface area contributed by atoms with Crippen molar-refractivity contribution in [3.63, 3.8) is 0 Å². The molecule has 1 aromatic heterocycles. The van der Waals surface area contributed by atoms with Crippen LogP contribution in [0.3, 0.4) is 0 Å². The molecule has 1 aromatic carbocycles. The number of aromatic nitrogens is 1. The van der Waals surface area contributed by atoms with Gasteiger partial charge < -0.3 is 9.80 Å². The molecule has 0 N–H and O–H groups in total. The molecule has 0 radical (unpaired) electrons. The first-order valence-electron chi connectivity index (χ1n) is 10.3. The van der Waals surface area contributed by atoms with E-state index >= 15 is 0 Å². The van der Waals surface area contributed by atoms with Gasteiger partial charge in [0.25, 0.3) is 11.8 Å². The van der Waals surface area contributed by atoms with E-state index in [1.165, 1.54) is 12.1 Å². The van der Waals surface area contributed by atoms with E-state index < -0.39 is 5.82 Å². The summed E-state index contributed by atoms with van der Waals surface area (Å²) in [7, 11) is 0. The number of nitrogens with zero attached hydrogens (tertiary/aromatic N) is 3. The minimum atomic E-state index is -0.488. The van der Waals surface area contributed by atoms with Gasteiger partial charge in [-0.2, -0.15) is 0 Å². The fourth-order valence-electron chi connectivity index (χ4n) is 4.32. The van der Waals surface area contributed by atoms with Crippen LogP contribution >= 0.6 is 0 Å². The standard InChI is InChI=1S/C23H26FN3O2/c1-16-8-9-19(23(29)26-12-4-5-13-26)21(25-16)17-10-14-27(15-11-17)22(28)18-6-2-3-7-20(18)24/h2-3,6-9,17H,4-5,10-15H2,1H3. The summed E-state index contributed by atoms with van der Waals surface area (Å²) in [6.07, 6.45) is 3.54. The van der Waals surface area contributed by atoms with Crippen molar-refractivity contribution >= 4 is 11.8 Å². The molecule has 5 nitrogen and oxygen atoms in total. The number of carbonyl (C=O) groups excluding carboxylic acids is 2. The molecule has 0 aliphatic carbocycles. The number of halogens is 1. The monoisotopic (exact) mass is 395 g/mol. The fourth-order valence-corrected chi connectivity index (χ4v) is 4.32. The van der Waals surface area contributed by atoms with Crippen molar-refractivity contribution in [2.45, 2.75) is 38.5 Å². The maximum Gasteiger partial charge on any atom is 0.256 e. The number of hydrogen-bond acceptors (Lipinski definition) is 3. The van der Waals surface area contributed by atoms with E-state index in [-0.39, 0.29) is 23.3 Å². The number of pyridine rings is 1. The van der Waals surface area contributed by atoms with Gasteiger partial charge in [-0.3, -0.25) is 14.6 Å². The second-order valence-electron chi connectivity index (χ2n) is 7.93. The molecule has 2 fully saturated rings. The molecule has 0 saturated carbocycles. The molecule has 6 heteroatoms. The largest absolute Gasteiger partial charge is 0.339 e. The second kappa shape index (κ2) is 8.31. The zero-order valence-electron chi connectivity index (χ0n) is 16.7. The third-order valence-corrected chi connectivity index (χ3v) is 5.96. The highest BCUT2D eigenvalue weighted by Gasteiger charge is 2.30. The summed E-state index contributed by atoms with van der Waals surface area (Å²) in [6.45, 7) is 4.61. The smallest absolute Gasteiger partial charge is 0.256 e. The van der Waals surface area contributed by atoms with Gasteiger partial charge in [0.15, 0.2) is 0 Å². The van der Waals surface area contributed by atoms with Gasteiger partial charge in [0.1, 0.15) is 5.82 Å². The van der Waals surface area contributed by atoms with E-state index in [1.807, 2.05) is 24.0 Å². The molecule has 0 unspecified atom stereocenters. The van der Waals surface area contributed by atoms with Crippen LogP contribution in [-0.4, -0.2) is 52.8 Å². The van der Waals surface area contributed by atoms with E-state index in [1.54, 1.807) is 17.0 Å². The van der Waals surface area contributed by atoms with E-state index in [2.05, 4.69) is 0 Å². The van der Waals surface area contributed by atoms with Crippen LogP contribution in [0.5, 0.6) is 0 Å². The first-order valence-corrected chi connectivity index (χ1v) is 10.3. The van der Waals surface area contributed by atoms with E-state index in [0.717, 1.165) is 50.2 Å². The summed E-state index contributed by atoms with van der Waals surface area (Å²) in [5.74, 6) is -0.568. The molecular formula is C23H26FN3O2. The zero-order chi connectivity index (χ0) is 20.4. The normalized spacial score (nSPS) is 17.6. The Morgan fingerprint density at radius 3 is 2.21 bits per heavy atom. The van der Waals surface area contributed by atoms with Gasteiger partial charge in [0, 0.05) is 37.8 Å². The average molecular weight is 395 g/mol. The summed E-state index contributed by atoms with van der Waals surface area (Å²) >= 11 is 0. The van der Waals surface area contributed by atoms with Crippen LogP contribution < -0.4 is 0 Å². The Kier molecular flexibility index (Phi) is 5.60. The zero-order valence-corrected chi connectivity index (χ0v) is 16.7. The number of likely N-dealkylation sites (tertiary alicyclic amines) is 2. The van der Waals surface area contributed by atoms with Crippen LogP contribution in [0.1, 0.15) is 63.7 Å². The quantitative estimate of drug-likeness (QED) is 0.795. The lowest BCUT2D eigenvalue weighted by atomic mass is 9.89. The number of rotatable bonds is 3. The van der Waals surface area contributed by atoms with Crippen molar-refractivity contribution in [2.24, 2.45) is 0 Å². The lowest BCUT2D eigenvalue weighted by Gasteiger charge is -2.33. The van der Waals surface area contributed by atoms with Crippen LogP contribution in [0.15, 0.2) is 36.4 Å². The molecule has 3 heterocycles. The molecule has 0 spiro atoms. The van der Waals surface area contributed by atoms with Crippen molar-refractivity contribution < 1.29 is 14.0 Å². The van der Waals surface area contributed by atoms with Gasteiger partial charge in [0.05, 0.1) is 16.8 Å². The lowest BCUT2D eigenvalue weighted by molar-refractivity contribution is 0.0702. The Labute approximate surface area is 170 Å². The molecule has 0 atom stereocenters. The highest BCUT2D eigenvalue weighted by Crippen LogP contribution is 2.31. The summed E-state index contributed by atoms with van der Waals surface area (Å²) < 4.78 is 14.0. The summed E-state index contributed by atoms with van der Waals surface area (Å²) in [4.78, 5) is 34.0. The van der Waals surface area contributed by atoms with Gasteiger partial charge in [0.2, 0.25) is 0 Å². The molecule has 2 saturated heterocycles. The number of carbonyl (C=O) groups is 2. The molecule has 2 aliphatic rings. The van der Waals surface area contributed by atoms with Crippen LogP contribution in [-0.2, 0) is 0 Å². The van der Waals surface area contributed by atoms with Crippen LogP contribution in [0.4, 0.5) is 4.39 Å². The first kappa shape index (κ1) is 19.6. The topological polar surface area (TPSA) is 53.5 Å². The third-order valence-electron chi connectivity index (χ3n) is 5.96. The third kappa shape index (κ3) is 4.02. The minimum Gasteiger partial charge on any atom is -0.339 e. The molecule has 2 aliphatic heterocycles. The predicted octanol–water partition coefficient (Wildman–Crippen LogP) is 3.78. The van der Waals surface area contributed by atoms with Gasteiger partial charge in [-0.05, 0) is 56.9 Å². The molecule has 2 amide bonds. The summed E-state index contributed by atoms with van der Waals surface area (Å²) in [6, 6.07) is 9.89. The highest BCUT2D eigenvalue weighted by molar-refractivity contribution is 5.96. The maximum absolute atomic E-state index is 14.0. The lowest BCUT2D eigenvalue weighted by Crippen LogP contribution is -2.39. The second-order valence-corrected chi connectivity index (χ2v) is 7.93. The number of hydrogen-bond donors (Lipinski definition) is 0. The maximum atomic E-state index is 14.0. The molecule has 2 aromatic rings. The van der Waals surface area contributed by atoms with Crippen molar-refractivity contribution in [2.75, 3.05) is 26.2 Å². The first-order chi connectivity index (χ1) is 14.0. The van der Waals surface area contributed by atoms with Crippen LogP contribution in [0, 0.1) is 12.7 Å². The van der Waals surface area contributed by atoms with Gasteiger partial charge in [-0.15, -0.1) is 0 Å². The van der Waals surface area contributed by atoms with Crippen molar-refractivity contribution in [3.8, 4) is 0 Å². The van der Waals surface area contributed by atoms with E-state index in [4.69, 9.17) is 4.98 Å². The van der Waals surface area contributed by atoms with Crippen LogP contribution in [0.25, 0.3) is 0 Å². The number of piperidine rings is 1. The Balaban J connectivity index is 1.50. The van der Waals surface area contributed by atoms with Crippen molar-refractivity contribution in [1.29, 1.82) is 0 Å². The summed E-state index contributed by atoms with van der Waals surface area (Å²) in [5, 5.41) is 0. The molecule has 0 bridgehead atoms. The molecule has 29 heavy (non-hydrogen) atoms. The summed E-state index contributed by atoms with van der Waals surface area (Å²) in [5.41, 5.74) is 2.55. The van der Waals surface area contributed by atoms with E-state index in [0.29, 0.717) is 18.7 Å². The molecule has 152 valence electrons. The highest BCUT2D eigenvalue weighted by atomic mass is 19.1. The van der Waals surface area contributed by atoms with E-state index in [9.17, 15) is 14.0 Å². The van der Waals surface area contributed by atoms with Crippen molar-refractivity contribution in [1.82, 2.24) is 14.8 Å². The Hall–Kier alpha value is -2.76. The van der Waals surface area contributed by atoms with Gasteiger partial charge in [-0.1, -0.05) is 12.1 Å². The van der Waals surface area contributed by atoms with Gasteiger partial charge >= 0.3 is 0 Å². The fraction of sp³-hybridized carbons (Fsp3) is 0.435.